The Balaban J connectivity index is 1.46. The number of Topliss-reactive ketones (excluding diaryl/α,β-unsaturated/α-hetero) is 1. The van der Waals surface area contributed by atoms with Crippen LogP contribution in [-0.4, -0.2) is 30.2 Å². The van der Waals surface area contributed by atoms with Crippen molar-refractivity contribution in [3.63, 3.8) is 0 Å². The van der Waals surface area contributed by atoms with Gasteiger partial charge in [0.2, 0.25) is 5.91 Å². The Kier molecular flexibility index (Phi) is 3.03. The minimum atomic E-state index is -0.607. The zero-order valence-corrected chi connectivity index (χ0v) is 12.2. The topological polar surface area (TPSA) is 66.5 Å². The van der Waals surface area contributed by atoms with E-state index in [-0.39, 0.29) is 18.5 Å². The summed E-state index contributed by atoms with van der Waals surface area (Å²) in [4.78, 5) is 37.5. The van der Waals surface area contributed by atoms with Crippen molar-refractivity contribution in [3.8, 4) is 0 Å². The van der Waals surface area contributed by atoms with Gasteiger partial charge in [0.15, 0.2) is 0 Å². The molecule has 0 spiro atoms. The van der Waals surface area contributed by atoms with Crippen LogP contribution in [-0.2, 0) is 9.59 Å². The number of rotatable bonds is 3. The van der Waals surface area contributed by atoms with Crippen LogP contribution in [0, 0.1) is 11.8 Å². The quantitative estimate of drug-likeness (QED) is 0.860. The Morgan fingerprint density at radius 2 is 2.00 bits per heavy atom. The highest BCUT2D eigenvalue weighted by molar-refractivity contribution is 6.52. The van der Waals surface area contributed by atoms with E-state index in [2.05, 4.69) is 5.32 Å². The van der Waals surface area contributed by atoms with E-state index >= 15 is 0 Å². The first-order valence-corrected chi connectivity index (χ1v) is 7.88. The van der Waals surface area contributed by atoms with Crippen LogP contribution < -0.4 is 10.2 Å². The van der Waals surface area contributed by atoms with Crippen LogP contribution in [0.2, 0.25) is 0 Å². The molecule has 4 rings (SSSR count). The van der Waals surface area contributed by atoms with Gasteiger partial charge in [0.25, 0.3) is 11.7 Å². The number of fused-ring (bicyclic) bond motifs is 3. The van der Waals surface area contributed by atoms with Crippen molar-refractivity contribution < 1.29 is 14.4 Å². The van der Waals surface area contributed by atoms with Crippen molar-refractivity contribution in [2.24, 2.45) is 11.8 Å². The summed E-state index contributed by atoms with van der Waals surface area (Å²) < 4.78 is 0. The zero-order chi connectivity index (χ0) is 15.3. The third-order valence-corrected chi connectivity index (χ3v) is 5.27. The highest BCUT2D eigenvalue weighted by Crippen LogP contribution is 2.44. The second kappa shape index (κ2) is 4.93. The molecular weight excluding hydrogens is 280 g/mol. The lowest BCUT2D eigenvalue weighted by Gasteiger charge is -2.24. The molecule has 0 aromatic heterocycles. The molecular formula is C17H18N2O3. The second-order valence-corrected chi connectivity index (χ2v) is 6.59. The number of amides is 2. The Morgan fingerprint density at radius 3 is 2.73 bits per heavy atom. The van der Waals surface area contributed by atoms with Gasteiger partial charge in [-0.25, -0.2) is 0 Å². The third kappa shape index (κ3) is 2.03. The minimum Gasteiger partial charge on any atom is -0.352 e. The van der Waals surface area contributed by atoms with Crippen molar-refractivity contribution in [2.45, 2.75) is 31.7 Å². The average Bonchev–Trinajstić information content (AvgIpc) is 3.19. The van der Waals surface area contributed by atoms with Crippen LogP contribution in [0.25, 0.3) is 0 Å². The van der Waals surface area contributed by atoms with Crippen molar-refractivity contribution in [1.29, 1.82) is 0 Å². The summed E-state index contributed by atoms with van der Waals surface area (Å²) in [5.74, 6) is 0.0474. The van der Waals surface area contributed by atoms with E-state index in [0.29, 0.717) is 17.2 Å². The maximum absolute atomic E-state index is 12.3. The summed E-state index contributed by atoms with van der Waals surface area (Å²) in [6.45, 7) is -0.0739. The molecule has 3 atom stereocenters. The number of ketones is 1. The van der Waals surface area contributed by atoms with Crippen LogP contribution in [0.15, 0.2) is 24.3 Å². The molecule has 2 aliphatic carbocycles. The number of carbonyl (C=O) groups excluding carboxylic acids is 3. The van der Waals surface area contributed by atoms with Gasteiger partial charge in [-0.3, -0.25) is 19.3 Å². The van der Waals surface area contributed by atoms with E-state index in [9.17, 15) is 14.4 Å². The molecule has 1 heterocycles. The first kappa shape index (κ1) is 13.5. The molecule has 5 heteroatoms. The van der Waals surface area contributed by atoms with Crippen LogP contribution >= 0.6 is 0 Å². The zero-order valence-electron chi connectivity index (χ0n) is 12.2. The van der Waals surface area contributed by atoms with Crippen LogP contribution in [0.4, 0.5) is 5.69 Å². The summed E-state index contributed by atoms with van der Waals surface area (Å²) in [6.07, 6.45) is 4.75. The molecule has 22 heavy (non-hydrogen) atoms. The molecule has 3 aliphatic rings. The Bertz CT molecular complexity index is 670. The molecule has 2 fully saturated rings. The normalized spacial score (nSPS) is 29.1. The number of nitrogens with zero attached hydrogens (tertiary/aromatic N) is 1. The molecule has 1 N–H and O–H groups in total. The lowest BCUT2D eigenvalue weighted by atomic mass is 9.95. The van der Waals surface area contributed by atoms with E-state index in [1.54, 1.807) is 24.3 Å². The number of anilines is 1. The van der Waals surface area contributed by atoms with E-state index < -0.39 is 11.7 Å². The summed E-state index contributed by atoms with van der Waals surface area (Å²) in [7, 11) is 0. The van der Waals surface area contributed by atoms with E-state index in [0.717, 1.165) is 12.3 Å². The number of hydrogen-bond donors (Lipinski definition) is 1. The number of hydrogen-bond acceptors (Lipinski definition) is 3. The standard InChI is InChI=1S/C17H18N2O3/c20-15(18-13-8-10-5-6-11(13)7-10)9-19-14-4-2-1-3-12(14)16(21)17(19)22/h1-4,10-11,13H,5-9H2,(H,18,20)/t10-,11-,13+/m0/s1. The minimum absolute atomic E-state index is 0.0739. The summed E-state index contributed by atoms with van der Waals surface area (Å²) in [5, 5.41) is 3.06. The molecule has 2 saturated carbocycles. The lowest BCUT2D eigenvalue weighted by Crippen LogP contribution is -2.45. The van der Waals surface area contributed by atoms with Crippen LogP contribution in [0.3, 0.4) is 0 Å². The third-order valence-electron chi connectivity index (χ3n) is 5.27. The Labute approximate surface area is 128 Å². The Morgan fingerprint density at radius 1 is 1.18 bits per heavy atom. The van der Waals surface area contributed by atoms with Crippen molar-refractivity contribution in [1.82, 2.24) is 5.32 Å². The lowest BCUT2D eigenvalue weighted by molar-refractivity contribution is -0.123. The summed E-state index contributed by atoms with van der Waals surface area (Å²) >= 11 is 0. The van der Waals surface area contributed by atoms with Crippen molar-refractivity contribution in [3.05, 3.63) is 29.8 Å². The molecule has 2 bridgehead atoms. The molecule has 0 unspecified atom stereocenters. The van der Waals surface area contributed by atoms with Gasteiger partial charge >= 0.3 is 0 Å². The first-order valence-electron chi connectivity index (χ1n) is 7.88. The highest BCUT2D eigenvalue weighted by Gasteiger charge is 2.41. The van der Waals surface area contributed by atoms with E-state index in [1.807, 2.05) is 0 Å². The van der Waals surface area contributed by atoms with Gasteiger partial charge in [0, 0.05) is 6.04 Å². The molecule has 2 amide bonds. The van der Waals surface area contributed by atoms with Gasteiger partial charge < -0.3 is 5.32 Å². The molecule has 1 aromatic rings. The van der Waals surface area contributed by atoms with Crippen LogP contribution in [0.5, 0.6) is 0 Å². The largest absolute Gasteiger partial charge is 0.352 e. The Hall–Kier alpha value is -2.17. The summed E-state index contributed by atoms with van der Waals surface area (Å²) in [5.41, 5.74) is 0.931. The van der Waals surface area contributed by atoms with E-state index in [4.69, 9.17) is 0 Å². The van der Waals surface area contributed by atoms with Crippen molar-refractivity contribution >= 4 is 23.3 Å². The number of benzene rings is 1. The molecule has 0 saturated heterocycles. The molecule has 0 radical (unpaired) electrons. The van der Waals surface area contributed by atoms with Crippen molar-refractivity contribution in [2.75, 3.05) is 11.4 Å². The number of nitrogens with one attached hydrogen (secondary N) is 1. The number of carbonyl (C=O) groups is 3. The smallest absolute Gasteiger partial charge is 0.299 e. The molecule has 5 nitrogen and oxygen atoms in total. The first-order chi connectivity index (χ1) is 10.6. The average molecular weight is 298 g/mol. The summed E-state index contributed by atoms with van der Waals surface area (Å²) in [6, 6.07) is 7.08. The molecule has 1 aromatic carbocycles. The predicted molar refractivity (Wildman–Crippen MR) is 80.5 cm³/mol. The maximum atomic E-state index is 12.3. The van der Waals surface area contributed by atoms with Gasteiger partial charge in [-0.15, -0.1) is 0 Å². The van der Waals surface area contributed by atoms with Crippen LogP contribution in [0.1, 0.15) is 36.0 Å². The van der Waals surface area contributed by atoms with Gasteiger partial charge in [-0.2, -0.15) is 0 Å². The number of para-hydroxylation sites is 1. The fraction of sp³-hybridized carbons (Fsp3) is 0.471. The molecule has 114 valence electrons. The molecule has 1 aliphatic heterocycles. The monoisotopic (exact) mass is 298 g/mol. The second-order valence-electron chi connectivity index (χ2n) is 6.59. The van der Waals surface area contributed by atoms with Gasteiger partial charge in [0.1, 0.15) is 6.54 Å². The highest BCUT2D eigenvalue weighted by atomic mass is 16.2. The van der Waals surface area contributed by atoms with Gasteiger partial charge in [0.05, 0.1) is 11.3 Å². The maximum Gasteiger partial charge on any atom is 0.299 e. The van der Waals surface area contributed by atoms with E-state index in [1.165, 1.54) is 24.2 Å². The van der Waals surface area contributed by atoms with Gasteiger partial charge in [-0.05, 0) is 43.2 Å². The SMILES string of the molecule is O=C(CN1C(=O)C(=O)c2ccccc21)N[C@@H]1C[C@H]2CC[C@H]1C2. The van der Waals surface area contributed by atoms with Gasteiger partial charge in [-0.1, -0.05) is 18.6 Å². The fourth-order valence-corrected chi connectivity index (χ4v) is 4.22. The fourth-order valence-electron chi connectivity index (χ4n) is 4.22. The predicted octanol–water partition coefficient (Wildman–Crippen LogP) is 1.52.